The van der Waals surface area contributed by atoms with Gasteiger partial charge in [0.1, 0.15) is 0 Å². The topological polar surface area (TPSA) is 69.6 Å². The highest BCUT2D eigenvalue weighted by atomic mass is 35.5. The predicted molar refractivity (Wildman–Crippen MR) is 104 cm³/mol. The summed E-state index contributed by atoms with van der Waals surface area (Å²) < 4.78 is 0. The Morgan fingerprint density at radius 2 is 1.73 bits per heavy atom. The summed E-state index contributed by atoms with van der Waals surface area (Å²) in [6.07, 6.45) is 0.618. The Kier molecular flexibility index (Phi) is 7.04. The number of nitrogens with one attached hydrogen (secondary N) is 1. The van der Waals surface area contributed by atoms with Gasteiger partial charge in [-0.2, -0.15) is 0 Å². The van der Waals surface area contributed by atoms with Gasteiger partial charge in [0.2, 0.25) is 0 Å². The van der Waals surface area contributed by atoms with Crippen LogP contribution < -0.4 is 10.2 Å². The van der Waals surface area contributed by atoms with E-state index in [-0.39, 0.29) is 11.5 Å². The second-order valence-electron chi connectivity index (χ2n) is 5.84. The van der Waals surface area contributed by atoms with Crippen LogP contribution in [0.25, 0.3) is 0 Å². The van der Waals surface area contributed by atoms with E-state index < -0.39 is 5.97 Å². The lowest BCUT2D eigenvalue weighted by atomic mass is 10.1. The van der Waals surface area contributed by atoms with Crippen LogP contribution in [0, 0.1) is 0 Å². The van der Waals surface area contributed by atoms with Gasteiger partial charge in [-0.1, -0.05) is 23.7 Å². The average Bonchev–Trinajstić information content (AvgIpc) is 2.64. The number of hydrogen-bond acceptors (Lipinski definition) is 3. The third-order valence-electron chi connectivity index (χ3n) is 4.21. The molecule has 0 aromatic heterocycles. The molecular weight excluding hydrogens is 352 g/mol. The second-order valence-corrected chi connectivity index (χ2v) is 6.28. The molecule has 2 aromatic rings. The molecule has 0 unspecified atom stereocenters. The fourth-order valence-corrected chi connectivity index (χ4v) is 2.93. The molecule has 0 bridgehead atoms. The van der Waals surface area contributed by atoms with Crippen molar-refractivity contribution in [3.63, 3.8) is 0 Å². The Labute approximate surface area is 158 Å². The maximum absolute atomic E-state index is 12.6. The minimum Gasteiger partial charge on any atom is -0.478 e. The number of halogens is 1. The van der Waals surface area contributed by atoms with Gasteiger partial charge in [0, 0.05) is 30.3 Å². The number of carbonyl (C=O) groups excluding carboxylic acids is 1. The number of carbonyl (C=O) groups is 2. The molecule has 6 heteroatoms. The zero-order valence-corrected chi connectivity index (χ0v) is 15.7. The largest absolute Gasteiger partial charge is 0.478 e. The molecule has 0 aliphatic heterocycles. The summed E-state index contributed by atoms with van der Waals surface area (Å²) in [7, 11) is 0. The average molecular weight is 375 g/mol. The Balaban J connectivity index is 2.03. The van der Waals surface area contributed by atoms with Gasteiger partial charge in [-0.05, 0) is 56.2 Å². The minimum absolute atomic E-state index is 0.170. The highest BCUT2D eigenvalue weighted by molar-refractivity contribution is 6.31. The monoisotopic (exact) mass is 374 g/mol. The first-order chi connectivity index (χ1) is 12.5. The van der Waals surface area contributed by atoms with Crippen LogP contribution in [-0.4, -0.2) is 36.6 Å². The zero-order chi connectivity index (χ0) is 19.1. The zero-order valence-electron chi connectivity index (χ0n) is 15.0. The normalized spacial score (nSPS) is 10.4. The number of carboxylic acids is 1. The van der Waals surface area contributed by atoms with Crippen molar-refractivity contribution in [1.82, 2.24) is 5.32 Å². The van der Waals surface area contributed by atoms with Gasteiger partial charge in [-0.25, -0.2) is 4.79 Å². The van der Waals surface area contributed by atoms with E-state index in [1.165, 1.54) is 0 Å². The van der Waals surface area contributed by atoms with E-state index >= 15 is 0 Å². The van der Waals surface area contributed by atoms with E-state index in [9.17, 15) is 9.59 Å². The van der Waals surface area contributed by atoms with E-state index in [2.05, 4.69) is 10.2 Å². The van der Waals surface area contributed by atoms with Crippen molar-refractivity contribution in [1.29, 1.82) is 0 Å². The first-order valence-electron chi connectivity index (χ1n) is 8.61. The van der Waals surface area contributed by atoms with Crippen LogP contribution in [0.2, 0.25) is 5.02 Å². The molecule has 0 heterocycles. The number of hydrogen-bond donors (Lipinski definition) is 2. The van der Waals surface area contributed by atoms with E-state index in [1.807, 2.05) is 19.9 Å². The summed E-state index contributed by atoms with van der Waals surface area (Å²) in [5.74, 6) is -1.12. The first-order valence-corrected chi connectivity index (χ1v) is 8.99. The minimum atomic E-state index is -0.949. The summed E-state index contributed by atoms with van der Waals surface area (Å²) in [5.41, 5.74) is 2.64. The van der Waals surface area contributed by atoms with Crippen molar-refractivity contribution in [3.05, 3.63) is 64.2 Å². The van der Waals surface area contributed by atoms with E-state index in [0.717, 1.165) is 24.3 Å². The fraction of sp³-hybridized carbons (Fsp3) is 0.300. The van der Waals surface area contributed by atoms with Crippen LogP contribution in [0.15, 0.2) is 42.5 Å². The van der Waals surface area contributed by atoms with Gasteiger partial charge in [0.25, 0.3) is 5.91 Å². The van der Waals surface area contributed by atoms with Crippen LogP contribution in [0.1, 0.15) is 40.1 Å². The lowest BCUT2D eigenvalue weighted by molar-refractivity contribution is 0.0696. The molecule has 2 N–H and O–H groups in total. The van der Waals surface area contributed by atoms with Crippen LogP contribution in [0.5, 0.6) is 0 Å². The molecule has 0 atom stereocenters. The SMILES string of the molecule is CCN(CC)c1ccc(Cl)cc1C(=O)NCCc1ccc(C(=O)O)cc1. The van der Waals surface area contributed by atoms with Crippen molar-refractivity contribution in [2.24, 2.45) is 0 Å². The number of benzene rings is 2. The Hall–Kier alpha value is -2.53. The predicted octanol–water partition coefficient (Wildman–Crippen LogP) is 3.86. The number of nitrogens with zero attached hydrogens (tertiary/aromatic N) is 1. The number of anilines is 1. The van der Waals surface area contributed by atoms with Crippen molar-refractivity contribution in [3.8, 4) is 0 Å². The molecule has 0 saturated carbocycles. The van der Waals surface area contributed by atoms with Crippen LogP contribution in [-0.2, 0) is 6.42 Å². The first kappa shape index (κ1) is 19.8. The van der Waals surface area contributed by atoms with Crippen molar-refractivity contribution < 1.29 is 14.7 Å². The van der Waals surface area contributed by atoms with Gasteiger partial charge in [-0.3, -0.25) is 4.79 Å². The summed E-state index contributed by atoms with van der Waals surface area (Å²) >= 11 is 6.08. The third kappa shape index (κ3) is 4.99. The van der Waals surface area contributed by atoms with Gasteiger partial charge in [0.15, 0.2) is 0 Å². The highest BCUT2D eigenvalue weighted by Crippen LogP contribution is 2.24. The fourth-order valence-electron chi connectivity index (χ4n) is 2.76. The molecule has 1 amide bonds. The van der Waals surface area contributed by atoms with E-state index in [1.54, 1.807) is 36.4 Å². The lowest BCUT2D eigenvalue weighted by Gasteiger charge is -2.24. The number of amides is 1. The highest BCUT2D eigenvalue weighted by Gasteiger charge is 2.15. The van der Waals surface area contributed by atoms with Gasteiger partial charge >= 0.3 is 5.97 Å². The van der Waals surface area contributed by atoms with Crippen LogP contribution in [0.4, 0.5) is 5.69 Å². The quantitative estimate of drug-likeness (QED) is 0.736. The summed E-state index contributed by atoms with van der Waals surface area (Å²) in [4.78, 5) is 25.6. The van der Waals surface area contributed by atoms with Crippen molar-refractivity contribution in [2.75, 3.05) is 24.5 Å². The van der Waals surface area contributed by atoms with Crippen molar-refractivity contribution in [2.45, 2.75) is 20.3 Å². The van der Waals surface area contributed by atoms with E-state index in [4.69, 9.17) is 16.7 Å². The standard InChI is InChI=1S/C20H23ClN2O3/c1-3-23(4-2)18-10-9-16(21)13-17(18)19(24)22-12-11-14-5-7-15(8-6-14)20(25)26/h5-10,13H,3-4,11-12H2,1-2H3,(H,22,24)(H,25,26). The molecule has 0 saturated heterocycles. The molecule has 2 aromatic carbocycles. The number of carboxylic acid groups (broad SMARTS) is 1. The van der Waals surface area contributed by atoms with Gasteiger partial charge in [0.05, 0.1) is 11.1 Å². The molecule has 0 aliphatic carbocycles. The summed E-state index contributed by atoms with van der Waals surface area (Å²) in [6, 6.07) is 12.0. The number of rotatable bonds is 8. The second kappa shape index (κ2) is 9.25. The molecule has 138 valence electrons. The smallest absolute Gasteiger partial charge is 0.335 e. The molecule has 0 spiro atoms. The summed E-state index contributed by atoms with van der Waals surface area (Å²) in [5, 5.41) is 12.4. The molecule has 26 heavy (non-hydrogen) atoms. The Morgan fingerprint density at radius 3 is 2.31 bits per heavy atom. The maximum Gasteiger partial charge on any atom is 0.335 e. The van der Waals surface area contributed by atoms with Crippen LogP contribution >= 0.6 is 11.6 Å². The third-order valence-corrected chi connectivity index (χ3v) is 4.44. The molecule has 0 aliphatic rings. The van der Waals surface area contributed by atoms with Gasteiger partial charge in [-0.15, -0.1) is 0 Å². The Morgan fingerprint density at radius 1 is 1.08 bits per heavy atom. The number of aromatic carboxylic acids is 1. The summed E-state index contributed by atoms with van der Waals surface area (Å²) in [6.45, 7) is 6.14. The molecule has 2 rings (SSSR count). The lowest BCUT2D eigenvalue weighted by Crippen LogP contribution is -2.30. The molecule has 0 radical (unpaired) electrons. The maximum atomic E-state index is 12.6. The Bertz CT molecular complexity index is 771. The molecule has 0 fully saturated rings. The van der Waals surface area contributed by atoms with E-state index in [0.29, 0.717) is 23.6 Å². The van der Waals surface area contributed by atoms with Gasteiger partial charge < -0.3 is 15.3 Å². The van der Waals surface area contributed by atoms with Crippen molar-refractivity contribution >= 4 is 29.2 Å². The molecular formula is C20H23ClN2O3. The van der Waals surface area contributed by atoms with Crippen LogP contribution in [0.3, 0.4) is 0 Å². The molecule has 5 nitrogen and oxygen atoms in total.